The minimum absolute atomic E-state index is 0.0275. The van der Waals surface area contributed by atoms with Crippen LogP contribution in [0, 0.1) is 17.1 Å². The molecule has 1 aromatic carbocycles. The van der Waals surface area contributed by atoms with Gasteiger partial charge in [0, 0.05) is 5.56 Å². The zero-order chi connectivity index (χ0) is 12.3. The molecule has 2 rings (SSSR count). The van der Waals surface area contributed by atoms with Crippen LogP contribution in [-0.2, 0) is 13.2 Å². The zero-order valence-electron chi connectivity index (χ0n) is 8.84. The van der Waals surface area contributed by atoms with Crippen LogP contribution in [0.2, 0.25) is 0 Å². The number of aliphatic hydroxyl groups is 1. The predicted molar refractivity (Wildman–Crippen MR) is 57.0 cm³/mol. The van der Waals surface area contributed by atoms with E-state index in [2.05, 4.69) is 10.3 Å². The van der Waals surface area contributed by atoms with Crippen molar-refractivity contribution in [2.45, 2.75) is 13.2 Å². The van der Waals surface area contributed by atoms with Gasteiger partial charge in [-0.25, -0.2) is 9.07 Å². The van der Waals surface area contributed by atoms with E-state index in [1.54, 1.807) is 12.1 Å². The molecule has 1 heterocycles. The van der Waals surface area contributed by atoms with Crippen molar-refractivity contribution in [3.63, 3.8) is 0 Å². The number of aromatic nitrogens is 3. The van der Waals surface area contributed by atoms with Crippen molar-refractivity contribution in [3.05, 3.63) is 35.8 Å². The lowest BCUT2D eigenvalue weighted by Gasteiger charge is -2.04. The van der Waals surface area contributed by atoms with Gasteiger partial charge in [-0.15, -0.1) is 5.10 Å². The standard InChI is InChI=1S/C11H9FN4O/c12-9-3-1-8(2-4-9)11-10(7-17)14-15-16(11)6-5-13/h1-4,17H,6-7H2. The smallest absolute Gasteiger partial charge is 0.130 e. The number of rotatable bonds is 3. The monoisotopic (exact) mass is 232 g/mol. The number of nitrogens with zero attached hydrogens (tertiary/aromatic N) is 4. The van der Waals surface area contributed by atoms with Crippen molar-refractivity contribution in [2.24, 2.45) is 0 Å². The highest BCUT2D eigenvalue weighted by atomic mass is 19.1. The minimum Gasteiger partial charge on any atom is -0.390 e. The van der Waals surface area contributed by atoms with Gasteiger partial charge in [0.1, 0.15) is 18.1 Å². The van der Waals surface area contributed by atoms with Crippen LogP contribution in [0.15, 0.2) is 24.3 Å². The van der Waals surface area contributed by atoms with Crippen LogP contribution in [0.3, 0.4) is 0 Å². The van der Waals surface area contributed by atoms with E-state index in [0.717, 1.165) is 0 Å². The Morgan fingerprint density at radius 2 is 2.06 bits per heavy atom. The van der Waals surface area contributed by atoms with E-state index in [9.17, 15) is 4.39 Å². The van der Waals surface area contributed by atoms with Gasteiger partial charge in [-0.2, -0.15) is 5.26 Å². The maximum Gasteiger partial charge on any atom is 0.130 e. The van der Waals surface area contributed by atoms with Crippen LogP contribution >= 0.6 is 0 Å². The first kappa shape index (κ1) is 11.2. The molecular weight excluding hydrogens is 223 g/mol. The molecule has 0 radical (unpaired) electrons. The Morgan fingerprint density at radius 1 is 1.35 bits per heavy atom. The molecule has 0 bridgehead atoms. The van der Waals surface area contributed by atoms with E-state index < -0.39 is 0 Å². The normalized spacial score (nSPS) is 10.2. The Morgan fingerprint density at radius 3 is 2.65 bits per heavy atom. The molecule has 0 aliphatic heterocycles. The molecule has 6 heteroatoms. The van der Waals surface area contributed by atoms with Gasteiger partial charge in [0.15, 0.2) is 0 Å². The summed E-state index contributed by atoms with van der Waals surface area (Å²) in [4.78, 5) is 0. The molecule has 0 aliphatic carbocycles. The highest BCUT2D eigenvalue weighted by Gasteiger charge is 2.13. The third-order valence-electron chi connectivity index (χ3n) is 2.29. The van der Waals surface area contributed by atoms with Crippen molar-refractivity contribution in [3.8, 4) is 17.3 Å². The van der Waals surface area contributed by atoms with Crippen molar-refractivity contribution >= 4 is 0 Å². The molecule has 0 amide bonds. The summed E-state index contributed by atoms with van der Waals surface area (Å²) in [6.07, 6.45) is 0. The van der Waals surface area contributed by atoms with E-state index in [1.165, 1.54) is 16.8 Å². The van der Waals surface area contributed by atoms with Gasteiger partial charge in [-0.1, -0.05) is 5.21 Å². The highest BCUT2D eigenvalue weighted by molar-refractivity contribution is 5.61. The van der Waals surface area contributed by atoms with Gasteiger partial charge in [0.2, 0.25) is 0 Å². The van der Waals surface area contributed by atoms with E-state index in [4.69, 9.17) is 10.4 Å². The summed E-state index contributed by atoms with van der Waals surface area (Å²) in [7, 11) is 0. The van der Waals surface area contributed by atoms with Gasteiger partial charge in [-0.3, -0.25) is 0 Å². The summed E-state index contributed by atoms with van der Waals surface area (Å²) >= 11 is 0. The second-order valence-corrected chi connectivity index (χ2v) is 3.37. The summed E-state index contributed by atoms with van der Waals surface area (Å²) in [6.45, 7) is -0.252. The maximum atomic E-state index is 12.8. The molecule has 0 atom stereocenters. The molecular formula is C11H9FN4O. The van der Waals surface area contributed by atoms with Gasteiger partial charge < -0.3 is 5.11 Å². The fourth-order valence-electron chi connectivity index (χ4n) is 1.56. The van der Waals surface area contributed by atoms with Crippen molar-refractivity contribution in [2.75, 3.05) is 0 Å². The summed E-state index contributed by atoms with van der Waals surface area (Å²) < 4.78 is 14.2. The molecule has 86 valence electrons. The van der Waals surface area contributed by atoms with Crippen LogP contribution in [0.4, 0.5) is 4.39 Å². The fraction of sp³-hybridized carbons (Fsp3) is 0.182. The van der Waals surface area contributed by atoms with Crippen LogP contribution in [-0.4, -0.2) is 20.1 Å². The number of benzene rings is 1. The van der Waals surface area contributed by atoms with Crippen molar-refractivity contribution in [1.29, 1.82) is 5.26 Å². The molecule has 0 spiro atoms. The largest absolute Gasteiger partial charge is 0.390 e. The van der Waals surface area contributed by atoms with E-state index in [0.29, 0.717) is 17.0 Å². The SMILES string of the molecule is N#CCn1nnc(CO)c1-c1ccc(F)cc1. The lowest BCUT2D eigenvalue weighted by molar-refractivity contribution is 0.277. The molecule has 17 heavy (non-hydrogen) atoms. The summed E-state index contributed by atoms with van der Waals surface area (Å²) in [5.74, 6) is -0.349. The second-order valence-electron chi connectivity index (χ2n) is 3.37. The Hall–Kier alpha value is -2.26. The molecule has 5 nitrogen and oxygen atoms in total. The zero-order valence-corrected chi connectivity index (χ0v) is 8.84. The van der Waals surface area contributed by atoms with Crippen LogP contribution in [0.25, 0.3) is 11.3 Å². The molecule has 0 fully saturated rings. The van der Waals surface area contributed by atoms with Gasteiger partial charge in [0.25, 0.3) is 0 Å². The molecule has 2 aromatic rings. The van der Waals surface area contributed by atoms with Crippen molar-refractivity contribution < 1.29 is 9.50 Å². The van der Waals surface area contributed by atoms with Gasteiger partial charge in [-0.05, 0) is 24.3 Å². The summed E-state index contributed by atoms with van der Waals surface area (Å²) in [6, 6.07) is 7.67. The molecule has 0 aliphatic rings. The maximum absolute atomic E-state index is 12.8. The number of aliphatic hydroxyl groups excluding tert-OH is 1. The lowest BCUT2D eigenvalue weighted by Crippen LogP contribution is -2.01. The van der Waals surface area contributed by atoms with Crippen LogP contribution in [0.1, 0.15) is 5.69 Å². The lowest BCUT2D eigenvalue weighted by atomic mass is 10.1. The van der Waals surface area contributed by atoms with E-state index >= 15 is 0 Å². The van der Waals surface area contributed by atoms with E-state index in [-0.39, 0.29) is 19.0 Å². The molecule has 0 saturated heterocycles. The van der Waals surface area contributed by atoms with Gasteiger partial charge >= 0.3 is 0 Å². The predicted octanol–water partition coefficient (Wildman–Crippen LogP) is 1.10. The third kappa shape index (κ3) is 2.14. The number of halogens is 1. The quantitative estimate of drug-likeness (QED) is 0.859. The summed E-state index contributed by atoms with van der Waals surface area (Å²) in [5, 5.41) is 25.3. The number of hydrogen-bond acceptors (Lipinski definition) is 4. The number of hydrogen-bond donors (Lipinski definition) is 1. The average Bonchev–Trinajstić information content (AvgIpc) is 2.74. The molecule has 0 saturated carbocycles. The topological polar surface area (TPSA) is 74.7 Å². The molecule has 1 N–H and O–H groups in total. The highest BCUT2D eigenvalue weighted by Crippen LogP contribution is 2.22. The minimum atomic E-state index is -0.349. The fourth-order valence-corrected chi connectivity index (χ4v) is 1.56. The van der Waals surface area contributed by atoms with E-state index in [1.807, 2.05) is 6.07 Å². The Kier molecular flexibility index (Phi) is 3.12. The first-order valence-corrected chi connectivity index (χ1v) is 4.92. The Balaban J connectivity index is 2.52. The van der Waals surface area contributed by atoms with Crippen molar-refractivity contribution in [1.82, 2.24) is 15.0 Å². The first-order valence-electron chi connectivity index (χ1n) is 4.92. The first-order chi connectivity index (χ1) is 8.26. The third-order valence-corrected chi connectivity index (χ3v) is 2.29. The molecule has 1 aromatic heterocycles. The summed E-state index contributed by atoms with van der Waals surface area (Å²) in [5.41, 5.74) is 1.57. The Labute approximate surface area is 96.7 Å². The second kappa shape index (κ2) is 4.72. The number of nitriles is 1. The Bertz CT molecular complexity index is 556. The molecule has 0 unspecified atom stereocenters. The van der Waals surface area contributed by atoms with Crippen LogP contribution in [0.5, 0.6) is 0 Å². The van der Waals surface area contributed by atoms with Gasteiger partial charge in [0.05, 0.1) is 18.4 Å². The van der Waals surface area contributed by atoms with Crippen LogP contribution < -0.4 is 0 Å². The average molecular weight is 232 g/mol.